The molecule has 0 bridgehead atoms. The van der Waals surface area contributed by atoms with Gasteiger partial charge in [0.2, 0.25) is 5.82 Å². The van der Waals surface area contributed by atoms with Crippen molar-refractivity contribution in [3.05, 3.63) is 81.3 Å². The molecule has 4 aromatic rings. The van der Waals surface area contributed by atoms with Gasteiger partial charge in [0.25, 0.3) is 5.91 Å². The van der Waals surface area contributed by atoms with Crippen LogP contribution in [0.3, 0.4) is 0 Å². The van der Waals surface area contributed by atoms with Gasteiger partial charge in [-0.1, -0.05) is 36.7 Å². The Morgan fingerprint density at radius 1 is 1.14 bits per heavy atom. The SMILES string of the molecule is CCc1ccccc1-n1nc(Cn2nc(-c3ccc(Cl)cc3)n(CC(O)C(F)(F)F)c2=O)nc1C(N)=O. The van der Waals surface area contributed by atoms with Crippen molar-refractivity contribution >= 4 is 17.5 Å². The van der Waals surface area contributed by atoms with Crippen molar-refractivity contribution < 1.29 is 23.1 Å². The molecule has 4 rings (SSSR count). The molecule has 1 amide bonds. The Balaban J connectivity index is 1.79. The summed E-state index contributed by atoms with van der Waals surface area (Å²) in [4.78, 5) is 29.3. The molecule has 37 heavy (non-hydrogen) atoms. The molecule has 3 N–H and O–H groups in total. The molecule has 194 valence electrons. The lowest BCUT2D eigenvalue weighted by molar-refractivity contribution is -0.207. The molecule has 2 aromatic heterocycles. The maximum absolute atomic E-state index is 13.1. The monoisotopic (exact) mass is 535 g/mol. The van der Waals surface area contributed by atoms with Gasteiger partial charge >= 0.3 is 11.9 Å². The Labute approximate surface area is 212 Å². The quantitative estimate of drug-likeness (QED) is 0.356. The second-order valence-corrected chi connectivity index (χ2v) is 8.49. The van der Waals surface area contributed by atoms with Crippen LogP contribution >= 0.6 is 11.6 Å². The van der Waals surface area contributed by atoms with E-state index in [0.29, 0.717) is 27.3 Å². The lowest BCUT2D eigenvalue weighted by atomic mass is 10.1. The number of aliphatic hydroxyl groups is 1. The first-order valence-electron chi connectivity index (χ1n) is 11.0. The number of aliphatic hydroxyl groups excluding tert-OH is 1. The van der Waals surface area contributed by atoms with Crippen LogP contribution in [0.2, 0.25) is 5.02 Å². The molecule has 2 aromatic carbocycles. The average Bonchev–Trinajstić information content (AvgIpc) is 3.41. The van der Waals surface area contributed by atoms with Gasteiger partial charge in [0.15, 0.2) is 17.8 Å². The molecule has 0 saturated carbocycles. The van der Waals surface area contributed by atoms with Crippen molar-refractivity contribution in [2.75, 3.05) is 0 Å². The van der Waals surface area contributed by atoms with Crippen molar-refractivity contribution in [1.29, 1.82) is 0 Å². The van der Waals surface area contributed by atoms with Gasteiger partial charge in [-0.05, 0) is 42.3 Å². The van der Waals surface area contributed by atoms with Gasteiger partial charge in [-0.25, -0.2) is 19.1 Å². The predicted octanol–water partition coefficient (Wildman–Crippen LogP) is 2.58. The van der Waals surface area contributed by atoms with Crippen LogP contribution in [0.5, 0.6) is 0 Å². The molecule has 0 aliphatic rings. The predicted molar refractivity (Wildman–Crippen MR) is 127 cm³/mol. The van der Waals surface area contributed by atoms with E-state index in [1.165, 1.54) is 28.9 Å². The zero-order chi connectivity index (χ0) is 26.9. The summed E-state index contributed by atoms with van der Waals surface area (Å²) in [6.07, 6.45) is -7.14. The molecule has 0 aliphatic heterocycles. The van der Waals surface area contributed by atoms with Gasteiger partial charge in [-0.15, -0.1) is 10.2 Å². The number of alkyl halides is 3. The first-order chi connectivity index (χ1) is 17.5. The van der Waals surface area contributed by atoms with Crippen LogP contribution in [0.25, 0.3) is 17.1 Å². The lowest BCUT2D eigenvalue weighted by Crippen LogP contribution is -2.37. The highest BCUT2D eigenvalue weighted by atomic mass is 35.5. The summed E-state index contributed by atoms with van der Waals surface area (Å²) in [5, 5.41) is 18.5. The van der Waals surface area contributed by atoms with Gasteiger partial charge in [0, 0.05) is 10.6 Å². The minimum Gasteiger partial charge on any atom is -0.382 e. The highest BCUT2D eigenvalue weighted by Crippen LogP contribution is 2.24. The Morgan fingerprint density at radius 2 is 1.81 bits per heavy atom. The standard InChI is InChI=1S/C23H21ClF3N7O3/c1-2-13-5-3-4-6-16(13)34-21(19(28)36)29-18(30-34)12-33-22(37)32(11-17(35)23(25,26)27)20(31-33)14-7-9-15(24)10-8-14/h3-10,17,35H,2,11-12H2,1H3,(H2,28,36). The molecular weight excluding hydrogens is 515 g/mol. The van der Waals surface area contributed by atoms with E-state index in [9.17, 15) is 27.9 Å². The van der Waals surface area contributed by atoms with Crippen LogP contribution < -0.4 is 11.4 Å². The van der Waals surface area contributed by atoms with Gasteiger partial charge in [-0.3, -0.25) is 9.36 Å². The first-order valence-corrected chi connectivity index (χ1v) is 11.4. The molecular formula is C23H21ClF3N7O3. The number of hydrogen-bond acceptors (Lipinski definition) is 6. The maximum atomic E-state index is 13.1. The molecule has 1 atom stereocenters. The fourth-order valence-electron chi connectivity index (χ4n) is 3.70. The van der Waals surface area contributed by atoms with E-state index in [0.717, 1.165) is 10.2 Å². The van der Waals surface area contributed by atoms with E-state index >= 15 is 0 Å². The van der Waals surface area contributed by atoms with Crippen LogP contribution in [0.15, 0.2) is 53.3 Å². The van der Waals surface area contributed by atoms with Crippen LogP contribution in [-0.4, -0.2) is 52.4 Å². The molecule has 10 nitrogen and oxygen atoms in total. The molecule has 0 aliphatic carbocycles. The number of carbonyl (C=O) groups is 1. The number of benzene rings is 2. The van der Waals surface area contributed by atoms with Crippen molar-refractivity contribution in [3.63, 3.8) is 0 Å². The average molecular weight is 536 g/mol. The van der Waals surface area contributed by atoms with Crippen molar-refractivity contribution in [3.8, 4) is 17.1 Å². The first kappa shape index (κ1) is 26.1. The van der Waals surface area contributed by atoms with Crippen LogP contribution in [0, 0.1) is 0 Å². The van der Waals surface area contributed by atoms with Gasteiger partial charge in [0.1, 0.15) is 6.54 Å². The zero-order valence-electron chi connectivity index (χ0n) is 19.4. The van der Waals surface area contributed by atoms with E-state index in [1.54, 1.807) is 12.1 Å². The van der Waals surface area contributed by atoms with Crippen LogP contribution in [-0.2, 0) is 19.5 Å². The van der Waals surface area contributed by atoms with Gasteiger partial charge in [-0.2, -0.15) is 13.2 Å². The number of hydrogen-bond donors (Lipinski definition) is 2. The highest BCUT2D eigenvalue weighted by Gasteiger charge is 2.39. The minimum absolute atomic E-state index is 0.0227. The van der Waals surface area contributed by atoms with Gasteiger partial charge in [0.05, 0.1) is 12.2 Å². The smallest absolute Gasteiger partial charge is 0.382 e. The fourth-order valence-corrected chi connectivity index (χ4v) is 3.82. The molecule has 0 radical (unpaired) electrons. The second kappa shape index (κ2) is 10.2. The van der Waals surface area contributed by atoms with Gasteiger partial charge < -0.3 is 10.8 Å². The van der Waals surface area contributed by atoms with Crippen LogP contribution in [0.4, 0.5) is 13.2 Å². The molecule has 0 saturated heterocycles. The Hall–Kier alpha value is -3.97. The lowest BCUT2D eigenvalue weighted by Gasteiger charge is -2.15. The Kier molecular flexibility index (Phi) is 7.18. The summed E-state index contributed by atoms with van der Waals surface area (Å²) in [7, 11) is 0. The van der Waals surface area contributed by atoms with E-state index in [1.807, 2.05) is 19.1 Å². The summed E-state index contributed by atoms with van der Waals surface area (Å²) in [6, 6.07) is 13.1. The van der Waals surface area contributed by atoms with Crippen molar-refractivity contribution in [2.45, 2.75) is 38.7 Å². The van der Waals surface area contributed by atoms with Crippen molar-refractivity contribution in [1.82, 2.24) is 29.1 Å². The molecule has 0 fully saturated rings. The van der Waals surface area contributed by atoms with Crippen LogP contribution in [0.1, 0.15) is 28.9 Å². The van der Waals surface area contributed by atoms with E-state index in [2.05, 4.69) is 15.2 Å². The summed E-state index contributed by atoms with van der Waals surface area (Å²) >= 11 is 5.90. The fraction of sp³-hybridized carbons (Fsp3) is 0.261. The zero-order valence-corrected chi connectivity index (χ0v) is 20.1. The van der Waals surface area contributed by atoms with Crippen molar-refractivity contribution in [2.24, 2.45) is 5.73 Å². The number of primary amides is 1. The minimum atomic E-state index is -4.96. The Bertz CT molecular complexity index is 1490. The molecule has 14 heteroatoms. The summed E-state index contributed by atoms with van der Waals surface area (Å²) < 4.78 is 42.0. The molecule has 0 spiro atoms. The third kappa shape index (κ3) is 5.42. The van der Waals surface area contributed by atoms with E-state index in [4.69, 9.17) is 17.3 Å². The topological polar surface area (TPSA) is 134 Å². The number of rotatable bonds is 8. The number of nitrogens with two attached hydrogens (primary N) is 1. The summed E-state index contributed by atoms with van der Waals surface area (Å²) in [6.45, 7) is 0.454. The largest absolute Gasteiger partial charge is 0.416 e. The normalized spacial score (nSPS) is 12.6. The van der Waals surface area contributed by atoms with E-state index < -0.39 is 30.4 Å². The highest BCUT2D eigenvalue weighted by molar-refractivity contribution is 6.30. The number of carbonyl (C=O) groups excluding carboxylic acids is 1. The number of aromatic nitrogens is 6. The third-order valence-corrected chi connectivity index (χ3v) is 5.77. The maximum Gasteiger partial charge on any atom is 0.416 e. The molecule has 1 unspecified atom stereocenters. The second-order valence-electron chi connectivity index (χ2n) is 8.05. The Morgan fingerprint density at radius 3 is 2.43 bits per heavy atom. The van der Waals surface area contributed by atoms with E-state index in [-0.39, 0.29) is 24.0 Å². The number of nitrogens with zero attached hydrogens (tertiary/aromatic N) is 6. The third-order valence-electron chi connectivity index (χ3n) is 5.52. The number of para-hydroxylation sites is 1. The molecule has 2 heterocycles. The summed E-state index contributed by atoms with van der Waals surface area (Å²) in [5.74, 6) is -1.20. The number of halogens is 4. The number of amides is 1. The summed E-state index contributed by atoms with van der Waals surface area (Å²) in [5.41, 5.74) is 6.26. The number of aryl methyl sites for hydroxylation is 1.